The minimum absolute atomic E-state index is 0.0651. The summed E-state index contributed by atoms with van der Waals surface area (Å²) in [5, 5.41) is 15.4. The molecule has 0 bridgehead atoms. The van der Waals surface area contributed by atoms with Crippen molar-refractivity contribution in [3.8, 4) is 16.6 Å². The van der Waals surface area contributed by atoms with Crippen LogP contribution in [0.4, 0.5) is 5.69 Å². The van der Waals surface area contributed by atoms with Crippen LogP contribution in [-0.4, -0.2) is 36.1 Å². The summed E-state index contributed by atoms with van der Waals surface area (Å²) in [6.45, 7) is 3.39. The maximum absolute atomic E-state index is 12.0. The summed E-state index contributed by atoms with van der Waals surface area (Å²) >= 11 is 1.55. The van der Waals surface area contributed by atoms with Crippen molar-refractivity contribution in [1.82, 2.24) is 10.3 Å². The number of carbonyl (C=O) groups excluding carboxylic acids is 1. The molecule has 130 valence electrons. The van der Waals surface area contributed by atoms with Crippen LogP contribution in [0.1, 0.15) is 25.3 Å². The highest BCUT2D eigenvalue weighted by molar-refractivity contribution is 7.13. The zero-order valence-corrected chi connectivity index (χ0v) is 14.9. The largest absolute Gasteiger partial charge is 0.368 e. The van der Waals surface area contributed by atoms with Gasteiger partial charge < -0.3 is 16.0 Å². The Kier molecular flexibility index (Phi) is 5.31. The second-order valence-electron chi connectivity index (χ2n) is 6.14. The normalized spacial score (nSPS) is 18.0. The van der Waals surface area contributed by atoms with E-state index in [1.165, 1.54) is 0 Å². The van der Waals surface area contributed by atoms with E-state index in [1.807, 2.05) is 30.5 Å². The number of nitrogens with zero attached hydrogens (tertiary/aromatic N) is 3. The predicted octanol–water partition coefficient (Wildman–Crippen LogP) is 2.11. The van der Waals surface area contributed by atoms with Crippen molar-refractivity contribution >= 4 is 22.9 Å². The molecule has 1 aromatic carbocycles. The van der Waals surface area contributed by atoms with Crippen molar-refractivity contribution in [3.63, 3.8) is 0 Å². The highest BCUT2D eigenvalue weighted by atomic mass is 32.1. The number of thiazole rings is 1. The summed E-state index contributed by atoms with van der Waals surface area (Å²) in [6, 6.07) is 7.74. The first kappa shape index (κ1) is 17.4. The second kappa shape index (κ2) is 7.64. The molecule has 1 saturated heterocycles. The van der Waals surface area contributed by atoms with E-state index in [0.717, 1.165) is 29.2 Å². The lowest BCUT2D eigenvalue weighted by Crippen LogP contribution is -2.46. The summed E-state index contributed by atoms with van der Waals surface area (Å²) < 4.78 is 0. The average Bonchev–Trinajstić information content (AvgIpc) is 3.32. The maximum atomic E-state index is 12.0. The highest BCUT2D eigenvalue weighted by Gasteiger charge is 2.27. The van der Waals surface area contributed by atoms with E-state index in [2.05, 4.69) is 21.3 Å². The fourth-order valence-electron chi connectivity index (χ4n) is 2.99. The number of hydrogen-bond acceptors (Lipinski definition) is 6. The Morgan fingerprint density at radius 2 is 2.44 bits per heavy atom. The van der Waals surface area contributed by atoms with Gasteiger partial charge in [-0.25, -0.2) is 4.98 Å². The van der Waals surface area contributed by atoms with Gasteiger partial charge in [0.15, 0.2) is 0 Å². The Morgan fingerprint density at radius 3 is 3.12 bits per heavy atom. The number of anilines is 1. The molecule has 2 atom stereocenters. The van der Waals surface area contributed by atoms with Crippen LogP contribution in [0.3, 0.4) is 0 Å². The van der Waals surface area contributed by atoms with E-state index in [4.69, 9.17) is 5.73 Å². The van der Waals surface area contributed by atoms with E-state index in [0.29, 0.717) is 18.5 Å². The lowest BCUT2D eigenvalue weighted by molar-refractivity contribution is -0.123. The van der Waals surface area contributed by atoms with Gasteiger partial charge in [0.25, 0.3) is 0 Å². The van der Waals surface area contributed by atoms with Crippen LogP contribution >= 0.6 is 11.3 Å². The number of nitriles is 1. The molecule has 6 nitrogen and oxygen atoms in total. The van der Waals surface area contributed by atoms with E-state index in [1.54, 1.807) is 17.5 Å². The van der Waals surface area contributed by atoms with E-state index in [-0.39, 0.29) is 11.9 Å². The molecule has 1 fully saturated rings. The third-order valence-electron chi connectivity index (χ3n) is 4.45. The fourth-order valence-corrected chi connectivity index (χ4v) is 3.63. The molecular weight excluding hydrogens is 334 g/mol. The number of hydrogen-bond donors (Lipinski definition) is 2. The Morgan fingerprint density at radius 1 is 1.60 bits per heavy atom. The van der Waals surface area contributed by atoms with Crippen LogP contribution in [0.5, 0.6) is 0 Å². The summed E-state index contributed by atoms with van der Waals surface area (Å²) in [6.07, 6.45) is 3.23. The van der Waals surface area contributed by atoms with Crippen molar-refractivity contribution in [2.24, 2.45) is 5.73 Å². The van der Waals surface area contributed by atoms with Gasteiger partial charge in [-0.05, 0) is 31.0 Å². The first-order valence-electron chi connectivity index (χ1n) is 8.37. The molecule has 7 heteroatoms. The van der Waals surface area contributed by atoms with E-state index >= 15 is 0 Å². The van der Waals surface area contributed by atoms with Crippen LogP contribution in [0, 0.1) is 11.3 Å². The Bertz CT molecular complexity index is 783. The molecule has 2 unspecified atom stereocenters. The summed E-state index contributed by atoms with van der Waals surface area (Å²) in [4.78, 5) is 18.4. The average molecular weight is 355 g/mol. The minimum atomic E-state index is -0.457. The minimum Gasteiger partial charge on any atom is -0.368 e. The van der Waals surface area contributed by atoms with Crippen LogP contribution < -0.4 is 16.0 Å². The Hall–Kier alpha value is -2.43. The fraction of sp³-hybridized carbons (Fsp3) is 0.389. The van der Waals surface area contributed by atoms with Gasteiger partial charge in [0.2, 0.25) is 5.91 Å². The highest BCUT2D eigenvalue weighted by Crippen LogP contribution is 2.30. The van der Waals surface area contributed by atoms with Gasteiger partial charge in [0, 0.05) is 36.3 Å². The molecule has 0 radical (unpaired) electrons. The molecule has 1 aliphatic heterocycles. The van der Waals surface area contributed by atoms with Crippen molar-refractivity contribution in [3.05, 3.63) is 35.3 Å². The monoisotopic (exact) mass is 355 g/mol. The third kappa shape index (κ3) is 3.81. The first-order valence-corrected chi connectivity index (χ1v) is 9.25. The molecule has 0 spiro atoms. The molecule has 1 amide bonds. The molecule has 0 aliphatic carbocycles. The third-order valence-corrected chi connectivity index (χ3v) is 5.27. The molecule has 3 N–H and O–H groups in total. The smallest absolute Gasteiger partial charge is 0.237 e. The second-order valence-corrected chi connectivity index (χ2v) is 7.03. The van der Waals surface area contributed by atoms with Crippen LogP contribution in [0.25, 0.3) is 10.6 Å². The molecule has 1 aliphatic rings. The van der Waals surface area contributed by atoms with Crippen LogP contribution in [0.2, 0.25) is 0 Å². The molecular formula is C18H21N5OS. The number of carbonyl (C=O) groups is 1. The topological polar surface area (TPSA) is 95.0 Å². The van der Waals surface area contributed by atoms with Crippen molar-refractivity contribution in [1.29, 1.82) is 5.26 Å². The van der Waals surface area contributed by atoms with E-state index < -0.39 is 6.04 Å². The lowest BCUT2D eigenvalue weighted by atomic mass is 10.1. The Labute approximate surface area is 151 Å². The standard InChI is InChI=1S/C18H21N5OS/c1-2-15(20)17(24)22-14-5-7-23(11-14)16-4-3-12(9-13(16)10-19)18-21-6-8-25-18/h3-4,6,8-9,14-15H,2,5,7,11,20H2,1H3,(H,22,24). The molecule has 2 aromatic rings. The molecule has 0 saturated carbocycles. The molecule has 25 heavy (non-hydrogen) atoms. The molecule has 3 rings (SSSR count). The number of nitrogens with one attached hydrogen (secondary N) is 1. The van der Waals surface area contributed by atoms with Gasteiger partial charge >= 0.3 is 0 Å². The van der Waals surface area contributed by atoms with Crippen LogP contribution in [0.15, 0.2) is 29.8 Å². The van der Waals surface area contributed by atoms with Crippen molar-refractivity contribution < 1.29 is 4.79 Å². The number of benzene rings is 1. The number of nitrogens with two attached hydrogens (primary N) is 1. The van der Waals surface area contributed by atoms with E-state index in [9.17, 15) is 10.1 Å². The van der Waals surface area contributed by atoms with Gasteiger partial charge in [-0.3, -0.25) is 4.79 Å². The summed E-state index contributed by atoms with van der Waals surface area (Å²) in [5.41, 5.74) is 8.26. The van der Waals surface area contributed by atoms with Crippen LogP contribution in [-0.2, 0) is 4.79 Å². The quantitative estimate of drug-likeness (QED) is 0.856. The van der Waals surface area contributed by atoms with Crippen molar-refractivity contribution in [2.45, 2.75) is 31.8 Å². The first-order chi connectivity index (χ1) is 12.1. The predicted molar refractivity (Wildman–Crippen MR) is 99.3 cm³/mol. The summed E-state index contributed by atoms with van der Waals surface area (Å²) in [5.74, 6) is -0.103. The van der Waals surface area contributed by atoms with Crippen molar-refractivity contribution in [2.75, 3.05) is 18.0 Å². The van der Waals surface area contributed by atoms with Gasteiger partial charge in [0.05, 0.1) is 17.3 Å². The number of amides is 1. The maximum Gasteiger partial charge on any atom is 0.237 e. The zero-order valence-electron chi connectivity index (χ0n) is 14.1. The van der Waals surface area contributed by atoms with Gasteiger partial charge in [-0.1, -0.05) is 6.92 Å². The lowest BCUT2D eigenvalue weighted by Gasteiger charge is -2.21. The molecule has 2 heterocycles. The van der Waals surface area contributed by atoms with Gasteiger partial charge in [-0.15, -0.1) is 11.3 Å². The van der Waals surface area contributed by atoms with Gasteiger partial charge in [-0.2, -0.15) is 5.26 Å². The summed E-state index contributed by atoms with van der Waals surface area (Å²) in [7, 11) is 0. The Balaban J connectivity index is 1.72. The van der Waals surface area contributed by atoms with Gasteiger partial charge in [0.1, 0.15) is 11.1 Å². The molecule has 1 aromatic heterocycles. The number of rotatable bonds is 5. The zero-order chi connectivity index (χ0) is 17.8. The SMILES string of the molecule is CCC(N)C(=O)NC1CCN(c2ccc(-c3nccs3)cc2C#N)C1. The number of aromatic nitrogens is 1.